The number of anilines is 1. The van der Waals surface area contributed by atoms with Crippen LogP contribution in [-0.4, -0.2) is 30.3 Å². The Kier molecular flexibility index (Phi) is 2.95. The molecule has 1 aromatic carbocycles. The Balaban J connectivity index is 2.23. The molecule has 1 fully saturated rings. The fourth-order valence-corrected chi connectivity index (χ4v) is 1.81. The molecule has 0 atom stereocenters. The lowest BCUT2D eigenvalue weighted by atomic mass is 10.2. The molecule has 92 valence electrons. The summed E-state index contributed by atoms with van der Waals surface area (Å²) in [4.78, 5) is 12.8. The van der Waals surface area contributed by atoms with Crippen LogP contribution < -0.4 is 4.90 Å². The Morgan fingerprint density at radius 1 is 1.06 bits per heavy atom. The second-order valence-electron chi connectivity index (χ2n) is 3.74. The van der Waals surface area contributed by atoms with E-state index >= 15 is 0 Å². The number of benzene rings is 1. The maximum Gasteiger partial charge on any atom is 0.488 e. The third kappa shape index (κ3) is 2.35. The minimum Gasteiger partial charge on any atom is -0.294 e. The smallest absolute Gasteiger partial charge is 0.294 e. The van der Waals surface area contributed by atoms with Crippen LogP contribution in [0.3, 0.4) is 0 Å². The highest BCUT2D eigenvalue weighted by Gasteiger charge is 2.44. The van der Waals surface area contributed by atoms with Crippen LogP contribution in [0.25, 0.3) is 0 Å². The number of amides is 2. The first-order valence-corrected chi connectivity index (χ1v) is 5.21. The van der Waals surface area contributed by atoms with E-state index in [-0.39, 0.29) is 11.4 Å². The molecular formula is C11H11F3N2O. The SMILES string of the molecule is O=C1N(c2ccccc2)CCCN1C(F)(F)F. The average molecular weight is 244 g/mol. The number of hydrogen-bond donors (Lipinski definition) is 0. The van der Waals surface area contributed by atoms with Gasteiger partial charge in [-0.05, 0) is 18.6 Å². The maximum atomic E-state index is 12.6. The number of hydrogen-bond acceptors (Lipinski definition) is 1. The van der Waals surface area contributed by atoms with E-state index in [1.807, 2.05) is 0 Å². The lowest BCUT2D eigenvalue weighted by molar-refractivity contribution is -0.224. The van der Waals surface area contributed by atoms with Crippen molar-refractivity contribution in [3.8, 4) is 0 Å². The minimum absolute atomic E-state index is 0.0521. The average Bonchev–Trinajstić information content (AvgIpc) is 2.29. The summed E-state index contributed by atoms with van der Waals surface area (Å²) in [7, 11) is 0. The summed E-state index contributed by atoms with van der Waals surface area (Å²) in [6.07, 6.45) is -4.30. The molecule has 6 heteroatoms. The van der Waals surface area contributed by atoms with Crippen molar-refractivity contribution in [3.63, 3.8) is 0 Å². The number of rotatable bonds is 1. The number of nitrogens with zero attached hydrogens (tertiary/aromatic N) is 2. The molecule has 1 aliphatic rings. The van der Waals surface area contributed by atoms with Crippen LogP contribution in [0.15, 0.2) is 30.3 Å². The van der Waals surface area contributed by atoms with Gasteiger partial charge in [-0.15, -0.1) is 13.2 Å². The van der Waals surface area contributed by atoms with Crippen LogP contribution in [-0.2, 0) is 0 Å². The predicted molar refractivity (Wildman–Crippen MR) is 56.6 cm³/mol. The molecule has 0 unspecified atom stereocenters. The molecule has 3 nitrogen and oxygen atoms in total. The van der Waals surface area contributed by atoms with Crippen molar-refractivity contribution < 1.29 is 18.0 Å². The molecule has 0 aliphatic carbocycles. The predicted octanol–water partition coefficient (Wildman–Crippen LogP) is 2.84. The molecule has 0 radical (unpaired) electrons. The standard InChI is InChI=1S/C11H11F3N2O/c12-11(13,14)16-8-4-7-15(10(16)17)9-5-2-1-3-6-9/h1-3,5-6H,4,7-8H2. The highest BCUT2D eigenvalue weighted by molar-refractivity contribution is 5.92. The van der Waals surface area contributed by atoms with Gasteiger partial charge in [0.1, 0.15) is 0 Å². The Bertz CT molecular complexity index is 405. The molecule has 1 aliphatic heterocycles. The minimum atomic E-state index is -4.61. The number of alkyl halides is 3. The second kappa shape index (κ2) is 4.27. The van der Waals surface area contributed by atoms with Crippen molar-refractivity contribution in [3.05, 3.63) is 30.3 Å². The monoisotopic (exact) mass is 244 g/mol. The zero-order valence-corrected chi connectivity index (χ0v) is 8.94. The molecule has 0 saturated carbocycles. The summed E-state index contributed by atoms with van der Waals surface area (Å²) in [6, 6.07) is 7.37. The molecule has 1 heterocycles. The van der Waals surface area contributed by atoms with Gasteiger partial charge in [0.25, 0.3) is 0 Å². The lowest BCUT2D eigenvalue weighted by Gasteiger charge is -2.36. The van der Waals surface area contributed by atoms with Gasteiger partial charge in [-0.3, -0.25) is 4.90 Å². The molecule has 1 saturated heterocycles. The van der Waals surface area contributed by atoms with Gasteiger partial charge in [0.15, 0.2) is 0 Å². The van der Waals surface area contributed by atoms with E-state index in [2.05, 4.69) is 0 Å². The van der Waals surface area contributed by atoms with E-state index in [0.717, 1.165) is 4.90 Å². The Morgan fingerprint density at radius 2 is 1.71 bits per heavy atom. The fraction of sp³-hybridized carbons (Fsp3) is 0.364. The van der Waals surface area contributed by atoms with Crippen molar-refractivity contribution in [2.24, 2.45) is 0 Å². The summed E-state index contributed by atoms with van der Waals surface area (Å²) in [6.45, 7) is 0.0428. The van der Waals surface area contributed by atoms with E-state index in [0.29, 0.717) is 18.7 Å². The van der Waals surface area contributed by atoms with Crippen molar-refractivity contribution in [2.75, 3.05) is 18.0 Å². The summed E-state index contributed by atoms with van der Waals surface area (Å²) in [5.41, 5.74) is 0.492. The normalized spacial score (nSPS) is 17.5. The van der Waals surface area contributed by atoms with Gasteiger partial charge in [-0.25, -0.2) is 9.69 Å². The number of halogens is 3. The van der Waals surface area contributed by atoms with E-state index in [9.17, 15) is 18.0 Å². The van der Waals surface area contributed by atoms with Crippen LogP contribution in [0.5, 0.6) is 0 Å². The van der Waals surface area contributed by atoms with Gasteiger partial charge in [-0.1, -0.05) is 18.2 Å². The summed E-state index contributed by atoms with van der Waals surface area (Å²) in [5.74, 6) is 0. The summed E-state index contributed by atoms with van der Waals surface area (Å²) < 4.78 is 37.7. The quantitative estimate of drug-likeness (QED) is 0.697. The number of para-hydroxylation sites is 1. The molecule has 0 spiro atoms. The number of carbonyl (C=O) groups excluding carboxylic acids is 1. The number of carbonyl (C=O) groups is 1. The maximum absolute atomic E-state index is 12.6. The molecular weight excluding hydrogens is 233 g/mol. The first-order chi connectivity index (χ1) is 8.00. The second-order valence-corrected chi connectivity index (χ2v) is 3.74. The van der Waals surface area contributed by atoms with Gasteiger partial charge in [0.05, 0.1) is 0 Å². The molecule has 2 rings (SSSR count). The Hall–Kier alpha value is -1.72. The van der Waals surface area contributed by atoms with Crippen molar-refractivity contribution in [1.29, 1.82) is 0 Å². The van der Waals surface area contributed by atoms with Gasteiger partial charge in [-0.2, -0.15) is 0 Å². The zero-order chi connectivity index (χ0) is 12.5. The van der Waals surface area contributed by atoms with E-state index < -0.39 is 12.3 Å². The van der Waals surface area contributed by atoms with Gasteiger partial charge < -0.3 is 0 Å². The summed E-state index contributed by atoms with van der Waals surface area (Å²) in [5, 5.41) is 0. The number of urea groups is 1. The molecule has 1 aromatic rings. The Labute approximate surface area is 96.4 Å². The molecule has 0 N–H and O–H groups in total. The largest absolute Gasteiger partial charge is 0.488 e. The van der Waals surface area contributed by atoms with Crippen molar-refractivity contribution in [2.45, 2.75) is 12.7 Å². The highest BCUT2D eigenvalue weighted by Crippen LogP contribution is 2.28. The molecule has 0 bridgehead atoms. The highest BCUT2D eigenvalue weighted by atomic mass is 19.4. The van der Waals surface area contributed by atoms with E-state index in [4.69, 9.17) is 0 Å². The first-order valence-electron chi connectivity index (χ1n) is 5.21. The van der Waals surface area contributed by atoms with Crippen LogP contribution in [0.1, 0.15) is 6.42 Å². The van der Waals surface area contributed by atoms with Gasteiger partial charge in [0, 0.05) is 18.8 Å². The molecule has 2 amide bonds. The molecule has 0 aromatic heterocycles. The van der Waals surface area contributed by atoms with Gasteiger partial charge in [0.2, 0.25) is 0 Å². The zero-order valence-electron chi connectivity index (χ0n) is 8.94. The molecule has 17 heavy (non-hydrogen) atoms. The third-order valence-corrected chi connectivity index (χ3v) is 2.60. The van der Waals surface area contributed by atoms with Crippen LogP contribution >= 0.6 is 0 Å². The Morgan fingerprint density at radius 3 is 2.29 bits per heavy atom. The van der Waals surface area contributed by atoms with E-state index in [1.165, 1.54) is 0 Å². The summed E-state index contributed by atoms with van der Waals surface area (Å²) >= 11 is 0. The van der Waals surface area contributed by atoms with Crippen molar-refractivity contribution in [1.82, 2.24) is 4.90 Å². The lowest BCUT2D eigenvalue weighted by Crippen LogP contribution is -2.55. The third-order valence-electron chi connectivity index (χ3n) is 2.60. The fourth-order valence-electron chi connectivity index (χ4n) is 1.81. The van der Waals surface area contributed by atoms with Crippen LogP contribution in [0.2, 0.25) is 0 Å². The topological polar surface area (TPSA) is 23.6 Å². The van der Waals surface area contributed by atoms with Gasteiger partial charge >= 0.3 is 12.3 Å². The first kappa shape index (κ1) is 11.8. The van der Waals surface area contributed by atoms with Crippen LogP contribution in [0.4, 0.5) is 23.7 Å². The van der Waals surface area contributed by atoms with Crippen molar-refractivity contribution >= 4 is 11.7 Å². The van der Waals surface area contributed by atoms with E-state index in [1.54, 1.807) is 30.3 Å². The van der Waals surface area contributed by atoms with Crippen LogP contribution in [0, 0.1) is 0 Å².